The number of benzene rings is 2. The van der Waals surface area contributed by atoms with Gasteiger partial charge in [-0.2, -0.15) is 4.68 Å². The first kappa shape index (κ1) is 17.8. The summed E-state index contributed by atoms with van der Waals surface area (Å²) in [5.41, 5.74) is 11.1. The van der Waals surface area contributed by atoms with Crippen LogP contribution in [0.4, 0.5) is 11.5 Å². The molecule has 10 nitrogen and oxygen atoms in total. The van der Waals surface area contributed by atoms with Crippen LogP contribution in [0.3, 0.4) is 0 Å². The van der Waals surface area contributed by atoms with Crippen LogP contribution < -0.4 is 16.0 Å². The van der Waals surface area contributed by atoms with Gasteiger partial charge < -0.3 is 5.73 Å². The van der Waals surface area contributed by atoms with E-state index in [-0.39, 0.29) is 22.2 Å². The van der Waals surface area contributed by atoms with Gasteiger partial charge in [0.05, 0.1) is 10.4 Å². The molecule has 0 aliphatic rings. The number of nitrogens with two attached hydrogens (primary N) is 1. The molecule has 0 unspecified atom stereocenters. The number of fused-ring (bicyclic) bond motifs is 1. The third-order valence-corrected chi connectivity index (χ3v) is 5.31. The molecular weight excluding hydrogens is 380 g/mol. The van der Waals surface area contributed by atoms with Crippen LogP contribution in [-0.2, 0) is 10.0 Å². The van der Waals surface area contributed by atoms with Crippen molar-refractivity contribution in [3.05, 3.63) is 60.4 Å². The van der Waals surface area contributed by atoms with Crippen molar-refractivity contribution in [3.63, 3.8) is 0 Å². The maximum atomic E-state index is 12.4. The zero-order chi connectivity index (χ0) is 19.7. The predicted molar refractivity (Wildman–Crippen MR) is 104 cm³/mol. The third-order valence-electron chi connectivity index (χ3n) is 4.05. The summed E-state index contributed by atoms with van der Waals surface area (Å²) in [5.74, 6) is 0.376. The number of sulfonamides is 1. The second kappa shape index (κ2) is 6.87. The summed E-state index contributed by atoms with van der Waals surface area (Å²) < 4.78 is 26.3. The van der Waals surface area contributed by atoms with Crippen molar-refractivity contribution in [1.82, 2.24) is 29.8 Å². The number of hydrazine groups is 1. The maximum absolute atomic E-state index is 12.4. The molecule has 0 atom stereocenters. The average Bonchev–Trinajstić information content (AvgIpc) is 3.11. The zero-order valence-corrected chi connectivity index (χ0v) is 15.6. The van der Waals surface area contributed by atoms with E-state index in [1.54, 1.807) is 12.1 Å². The first-order chi connectivity index (χ1) is 13.5. The number of nitrogens with one attached hydrogen (secondary N) is 2. The molecule has 0 aliphatic carbocycles. The SMILES string of the molecule is Cc1ccc(S(=O)(=O)NNc2ncnc(-n3nnc4ccccc43)c2N)cc1. The number of para-hydroxylation sites is 1. The van der Waals surface area contributed by atoms with Gasteiger partial charge in [0.25, 0.3) is 10.0 Å². The van der Waals surface area contributed by atoms with Gasteiger partial charge >= 0.3 is 0 Å². The number of aryl methyl sites for hydroxylation is 1. The monoisotopic (exact) mass is 396 g/mol. The summed E-state index contributed by atoms with van der Waals surface area (Å²) in [5, 5.41) is 8.13. The Labute approximate surface area is 160 Å². The Balaban J connectivity index is 1.63. The number of anilines is 2. The molecule has 0 saturated carbocycles. The normalized spacial score (nSPS) is 11.6. The lowest BCUT2D eigenvalue weighted by molar-refractivity contribution is 0.587. The van der Waals surface area contributed by atoms with Gasteiger partial charge in [0.1, 0.15) is 17.5 Å². The molecule has 0 bridgehead atoms. The molecule has 0 aliphatic heterocycles. The Kier molecular flexibility index (Phi) is 4.37. The fourth-order valence-electron chi connectivity index (χ4n) is 2.57. The zero-order valence-electron chi connectivity index (χ0n) is 14.7. The molecule has 28 heavy (non-hydrogen) atoms. The fourth-order valence-corrected chi connectivity index (χ4v) is 3.42. The highest BCUT2D eigenvalue weighted by Gasteiger charge is 2.17. The van der Waals surface area contributed by atoms with Gasteiger partial charge in [-0.3, -0.25) is 5.43 Å². The molecule has 0 spiro atoms. The van der Waals surface area contributed by atoms with Gasteiger partial charge in [0.15, 0.2) is 11.6 Å². The molecule has 142 valence electrons. The lowest BCUT2D eigenvalue weighted by Gasteiger charge is -2.12. The molecule has 2 aromatic carbocycles. The smallest absolute Gasteiger partial charge is 0.257 e. The molecule has 4 aromatic rings. The quantitative estimate of drug-likeness (QED) is 0.430. The second-order valence-electron chi connectivity index (χ2n) is 5.99. The first-order valence-corrected chi connectivity index (χ1v) is 9.70. The molecule has 0 radical (unpaired) electrons. The maximum Gasteiger partial charge on any atom is 0.257 e. The van der Waals surface area contributed by atoms with Gasteiger partial charge in [-0.1, -0.05) is 35.0 Å². The van der Waals surface area contributed by atoms with E-state index in [9.17, 15) is 8.42 Å². The van der Waals surface area contributed by atoms with Crippen LogP contribution in [0, 0.1) is 6.92 Å². The number of nitrogen functional groups attached to an aromatic ring is 1. The number of nitrogens with zero attached hydrogens (tertiary/aromatic N) is 5. The van der Waals surface area contributed by atoms with Crippen LogP contribution in [0.2, 0.25) is 0 Å². The van der Waals surface area contributed by atoms with E-state index in [0.717, 1.165) is 5.56 Å². The van der Waals surface area contributed by atoms with Gasteiger partial charge in [-0.15, -0.1) is 9.93 Å². The average molecular weight is 396 g/mol. The molecule has 11 heteroatoms. The van der Waals surface area contributed by atoms with E-state index in [4.69, 9.17) is 5.73 Å². The summed E-state index contributed by atoms with van der Waals surface area (Å²) in [7, 11) is -3.81. The summed E-state index contributed by atoms with van der Waals surface area (Å²) in [6.07, 6.45) is 1.25. The van der Waals surface area contributed by atoms with Crippen molar-refractivity contribution >= 4 is 32.6 Å². The molecule has 0 fully saturated rings. The summed E-state index contributed by atoms with van der Waals surface area (Å²) >= 11 is 0. The Morgan fingerprint density at radius 3 is 2.57 bits per heavy atom. The number of hydrogen-bond donors (Lipinski definition) is 3. The molecular formula is C17H16N8O2S. The van der Waals surface area contributed by atoms with E-state index in [2.05, 4.69) is 30.5 Å². The Morgan fingerprint density at radius 1 is 1.04 bits per heavy atom. The molecule has 2 aromatic heterocycles. The summed E-state index contributed by atoms with van der Waals surface area (Å²) in [6.45, 7) is 1.87. The largest absolute Gasteiger partial charge is 0.393 e. The molecule has 2 heterocycles. The van der Waals surface area contributed by atoms with E-state index in [0.29, 0.717) is 11.0 Å². The first-order valence-electron chi connectivity index (χ1n) is 8.21. The predicted octanol–water partition coefficient (Wildman–Crippen LogP) is 1.41. The van der Waals surface area contributed by atoms with Crippen LogP contribution >= 0.6 is 0 Å². The van der Waals surface area contributed by atoms with Gasteiger partial charge in [0.2, 0.25) is 0 Å². The lowest BCUT2D eigenvalue weighted by Crippen LogP contribution is -2.30. The van der Waals surface area contributed by atoms with Gasteiger partial charge in [0, 0.05) is 0 Å². The van der Waals surface area contributed by atoms with Crippen LogP contribution in [0.25, 0.3) is 16.9 Å². The van der Waals surface area contributed by atoms with Crippen molar-refractivity contribution in [2.24, 2.45) is 0 Å². The Bertz CT molecular complexity index is 1250. The van der Waals surface area contributed by atoms with Crippen LogP contribution in [0.5, 0.6) is 0 Å². The molecule has 4 N–H and O–H groups in total. The standard InChI is InChI=1S/C17H16N8O2S/c1-11-6-8-12(9-7-11)28(26,27)24-22-16-15(18)17(20-10-19-16)25-14-5-3-2-4-13(14)21-23-25/h2-10,24H,18H2,1H3,(H,19,20,22). The van der Waals surface area contributed by atoms with Gasteiger partial charge in [-0.25, -0.2) is 18.4 Å². The third kappa shape index (κ3) is 3.23. The van der Waals surface area contributed by atoms with Crippen LogP contribution in [0.15, 0.2) is 59.8 Å². The van der Waals surface area contributed by atoms with Crippen molar-refractivity contribution < 1.29 is 8.42 Å². The van der Waals surface area contributed by atoms with E-state index < -0.39 is 10.0 Å². The highest BCUT2D eigenvalue weighted by atomic mass is 32.2. The highest BCUT2D eigenvalue weighted by molar-refractivity contribution is 7.89. The molecule has 0 saturated heterocycles. The van der Waals surface area contributed by atoms with Crippen LogP contribution in [0.1, 0.15) is 5.56 Å². The Morgan fingerprint density at radius 2 is 1.79 bits per heavy atom. The topological polar surface area (TPSA) is 141 Å². The van der Waals surface area contributed by atoms with Crippen molar-refractivity contribution in [3.8, 4) is 5.82 Å². The molecule has 4 rings (SSSR count). The van der Waals surface area contributed by atoms with Crippen molar-refractivity contribution in [2.45, 2.75) is 11.8 Å². The van der Waals surface area contributed by atoms with E-state index in [1.165, 1.54) is 23.1 Å². The van der Waals surface area contributed by atoms with Crippen molar-refractivity contribution in [1.29, 1.82) is 0 Å². The fraction of sp³-hybridized carbons (Fsp3) is 0.0588. The number of aromatic nitrogens is 5. The molecule has 0 amide bonds. The van der Waals surface area contributed by atoms with Crippen LogP contribution in [-0.4, -0.2) is 33.4 Å². The lowest BCUT2D eigenvalue weighted by atomic mass is 10.2. The Hall–Kier alpha value is -3.57. The minimum Gasteiger partial charge on any atom is -0.393 e. The van der Waals surface area contributed by atoms with E-state index in [1.807, 2.05) is 31.2 Å². The van der Waals surface area contributed by atoms with Gasteiger partial charge in [-0.05, 0) is 31.2 Å². The number of hydrogen-bond acceptors (Lipinski definition) is 8. The minimum atomic E-state index is -3.81. The van der Waals surface area contributed by atoms with Crippen molar-refractivity contribution in [2.75, 3.05) is 11.2 Å². The summed E-state index contributed by atoms with van der Waals surface area (Å²) in [6, 6.07) is 13.8. The second-order valence-corrected chi connectivity index (χ2v) is 7.68. The van der Waals surface area contributed by atoms with E-state index >= 15 is 0 Å². The summed E-state index contributed by atoms with van der Waals surface area (Å²) in [4.78, 5) is 10.5. The number of rotatable bonds is 5. The highest BCUT2D eigenvalue weighted by Crippen LogP contribution is 2.23. The minimum absolute atomic E-state index is 0.0975.